The van der Waals surface area contributed by atoms with Crippen molar-refractivity contribution in [3.05, 3.63) is 23.7 Å². The highest BCUT2D eigenvalue weighted by atomic mass is 16.3. The number of amides is 3. The largest absolute Gasteiger partial charge is 0.469 e. The Bertz CT molecular complexity index is 649. The molecule has 1 aliphatic rings. The van der Waals surface area contributed by atoms with Crippen molar-refractivity contribution in [3.8, 4) is 0 Å². The third-order valence-corrected chi connectivity index (χ3v) is 4.48. The molecule has 1 fully saturated rings. The van der Waals surface area contributed by atoms with Gasteiger partial charge in [-0.15, -0.1) is 0 Å². The Kier molecular flexibility index (Phi) is 6.76. The first-order valence-electron chi connectivity index (χ1n) is 8.64. The molecule has 0 radical (unpaired) electrons. The van der Waals surface area contributed by atoms with E-state index in [9.17, 15) is 19.5 Å². The van der Waals surface area contributed by atoms with E-state index in [1.165, 1.54) is 13.2 Å². The van der Waals surface area contributed by atoms with E-state index in [4.69, 9.17) is 10.2 Å². The molecule has 0 aromatic carbocycles. The first-order valence-corrected chi connectivity index (χ1v) is 8.64. The predicted molar refractivity (Wildman–Crippen MR) is 93.2 cm³/mol. The van der Waals surface area contributed by atoms with Gasteiger partial charge in [0.05, 0.1) is 24.5 Å². The number of nitrogens with one attached hydrogen (secondary N) is 2. The summed E-state index contributed by atoms with van der Waals surface area (Å²) in [6, 6.07) is 0.464. The highest BCUT2D eigenvalue weighted by molar-refractivity contribution is 5.95. The van der Waals surface area contributed by atoms with Crippen molar-refractivity contribution < 1.29 is 23.9 Å². The van der Waals surface area contributed by atoms with Crippen LogP contribution < -0.4 is 16.4 Å². The van der Waals surface area contributed by atoms with Gasteiger partial charge in [0, 0.05) is 19.1 Å². The van der Waals surface area contributed by atoms with Crippen LogP contribution in [-0.4, -0.2) is 65.5 Å². The summed E-state index contributed by atoms with van der Waals surface area (Å²) in [7, 11) is 0. The van der Waals surface area contributed by atoms with Gasteiger partial charge in [0.1, 0.15) is 11.8 Å². The minimum Gasteiger partial charge on any atom is -0.469 e. The van der Waals surface area contributed by atoms with Crippen molar-refractivity contribution in [1.82, 2.24) is 15.5 Å². The molecule has 5 N–H and O–H groups in total. The number of carbonyl (C=O) groups excluding carboxylic acids is 3. The van der Waals surface area contributed by atoms with Crippen molar-refractivity contribution in [2.75, 3.05) is 19.6 Å². The van der Waals surface area contributed by atoms with Gasteiger partial charge < -0.3 is 30.8 Å². The number of rotatable bonds is 6. The van der Waals surface area contributed by atoms with Gasteiger partial charge in [-0.3, -0.25) is 14.4 Å². The molecule has 1 aromatic rings. The van der Waals surface area contributed by atoms with E-state index in [-0.39, 0.29) is 18.5 Å². The highest BCUT2D eigenvalue weighted by Gasteiger charge is 2.30. The Balaban J connectivity index is 1.87. The van der Waals surface area contributed by atoms with Crippen molar-refractivity contribution in [2.24, 2.45) is 5.73 Å². The van der Waals surface area contributed by atoms with Crippen LogP contribution in [0.1, 0.15) is 35.9 Å². The molecule has 26 heavy (non-hydrogen) atoms. The molecule has 0 unspecified atom stereocenters. The Morgan fingerprint density at radius 2 is 2.04 bits per heavy atom. The number of piperidine rings is 1. The minimum absolute atomic E-state index is 0.0851. The van der Waals surface area contributed by atoms with E-state index >= 15 is 0 Å². The zero-order chi connectivity index (χ0) is 19.3. The van der Waals surface area contributed by atoms with E-state index in [0.29, 0.717) is 37.3 Å². The summed E-state index contributed by atoms with van der Waals surface area (Å²) in [4.78, 5) is 37.9. The molecule has 144 valence electrons. The number of carbonyl (C=O) groups is 3. The van der Waals surface area contributed by atoms with Gasteiger partial charge in [0.25, 0.3) is 5.91 Å². The second kappa shape index (κ2) is 8.81. The van der Waals surface area contributed by atoms with E-state index in [1.54, 1.807) is 17.9 Å². The zero-order valence-electron chi connectivity index (χ0n) is 15.0. The molecule has 1 aliphatic heterocycles. The molecule has 1 aromatic heterocycles. The maximum absolute atomic E-state index is 12.4. The summed E-state index contributed by atoms with van der Waals surface area (Å²) >= 11 is 0. The number of aryl methyl sites for hydroxylation is 1. The summed E-state index contributed by atoms with van der Waals surface area (Å²) in [6.45, 7) is 3.91. The number of likely N-dealkylation sites (tertiary alicyclic amines) is 1. The molecule has 3 amide bonds. The van der Waals surface area contributed by atoms with Crippen LogP contribution >= 0.6 is 0 Å². The van der Waals surface area contributed by atoms with Crippen LogP contribution in [0, 0.1) is 6.92 Å². The number of nitrogens with zero attached hydrogens (tertiary/aromatic N) is 1. The van der Waals surface area contributed by atoms with Gasteiger partial charge in [-0.1, -0.05) is 0 Å². The highest BCUT2D eigenvalue weighted by Crippen LogP contribution is 2.17. The number of aliphatic hydroxyl groups excluding tert-OH is 1. The fourth-order valence-electron chi connectivity index (χ4n) is 2.93. The molecule has 0 bridgehead atoms. The molecule has 0 aliphatic carbocycles. The average molecular weight is 366 g/mol. The standard InChI is InChI=1S/C17H26N4O5/c1-10(22)15(20-14(23)9-18)16(24)19-12-3-6-21(7-4-12)17(25)13-5-8-26-11(13)2/h5,8,10,12,15,22H,3-4,6-7,9,18H2,1-2H3,(H,19,24)(H,20,23)/t10-,15+/m0/s1. The molecule has 2 heterocycles. The molecule has 2 rings (SSSR count). The summed E-state index contributed by atoms with van der Waals surface area (Å²) in [6.07, 6.45) is 1.62. The lowest BCUT2D eigenvalue weighted by Gasteiger charge is -2.33. The Morgan fingerprint density at radius 3 is 2.54 bits per heavy atom. The van der Waals surface area contributed by atoms with Crippen molar-refractivity contribution in [3.63, 3.8) is 0 Å². The predicted octanol–water partition coefficient (Wildman–Crippen LogP) is -0.867. The van der Waals surface area contributed by atoms with Crippen LogP contribution in [0.2, 0.25) is 0 Å². The number of nitrogens with two attached hydrogens (primary N) is 1. The van der Waals surface area contributed by atoms with Gasteiger partial charge in [-0.2, -0.15) is 0 Å². The third-order valence-electron chi connectivity index (χ3n) is 4.48. The molecule has 0 spiro atoms. The summed E-state index contributed by atoms with van der Waals surface area (Å²) in [5, 5.41) is 15.0. The summed E-state index contributed by atoms with van der Waals surface area (Å²) in [5.41, 5.74) is 5.78. The molecule has 9 heteroatoms. The summed E-state index contributed by atoms with van der Waals surface area (Å²) in [5.74, 6) is -0.474. The summed E-state index contributed by atoms with van der Waals surface area (Å²) < 4.78 is 5.17. The van der Waals surface area contributed by atoms with E-state index in [0.717, 1.165) is 0 Å². The Labute approximate surface area is 151 Å². The van der Waals surface area contributed by atoms with Crippen LogP contribution in [0.3, 0.4) is 0 Å². The van der Waals surface area contributed by atoms with Crippen LogP contribution in [0.5, 0.6) is 0 Å². The quantitative estimate of drug-likeness (QED) is 0.516. The van der Waals surface area contributed by atoms with Crippen LogP contribution in [0.4, 0.5) is 0 Å². The second-order valence-electron chi connectivity index (χ2n) is 6.46. The van der Waals surface area contributed by atoms with E-state index in [2.05, 4.69) is 10.6 Å². The molecular formula is C17H26N4O5. The minimum atomic E-state index is -1.06. The molecule has 1 saturated heterocycles. The third kappa shape index (κ3) is 4.83. The first kappa shape index (κ1) is 19.9. The normalized spacial score (nSPS) is 17.5. The maximum atomic E-state index is 12.4. The lowest BCUT2D eigenvalue weighted by molar-refractivity contribution is -0.131. The van der Waals surface area contributed by atoms with Gasteiger partial charge in [-0.25, -0.2) is 0 Å². The monoisotopic (exact) mass is 366 g/mol. The van der Waals surface area contributed by atoms with E-state index < -0.39 is 24.0 Å². The molecular weight excluding hydrogens is 340 g/mol. The van der Waals surface area contributed by atoms with E-state index in [1.807, 2.05) is 0 Å². The number of hydrogen-bond acceptors (Lipinski definition) is 6. The van der Waals surface area contributed by atoms with Crippen molar-refractivity contribution in [1.29, 1.82) is 0 Å². The van der Waals surface area contributed by atoms with Crippen molar-refractivity contribution >= 4 is 17.7 Å². The fourth-order valence-corrected chi connectivity index (χ4v) is 2.93. The molecule has 0 saturated carbocycles. The number of aliphatic hydroxyl groups is 1. The number of furan rings is 1. The molecule has 2 atom stereocenters. The van der Waals surface area contributed by atoms with Crippen LogP contribution in [0.15, 0.2) is 16.7 Å². The topological polar surface area (TPSA) is 138 Å². The SMILES string of the molecule is Cc1occc1C(=O)N1CCC(NC(=O)[C@H](NC(=O)CN)[C@H](C)O)CC1. The van der Waals surface area contributed by atoms with Crippen molar-refractivity contribution in [2.45, 2.75) is 44.9 Å². The van der Waals surface area contributed by atoms with Gasteiger partial charge in [0.2, 0.25) is 11.8 Å². The zero-order valence-corrected chi connectivity index (χ0v) is 15.0. The maximum Gasteiger partial charge on any atom is 0.257 e. The van der Waals surface area contributed by atoms with Gasteiger partial charge in [-0.05, 0) is 32.8 Å². The van der Waals surface area contributed by atoms with Crippen LogP contribution in [-0.2, 0) is 9.59 Å². The van der Waals surface area contributed by atoms with Gasteiger partial charge >= 0.3 is 0 Å². The fraction of sp³-hybridized carbons (Fsp3) is 0.588. The molecule has 9 nitrogen and oxygen atoms in total. The Morgan fingerprint density at radius 1 is 1.38 bits per heavy atom. The lowest BCUT2D eigenvalue weighted by atomic mass is 10.0. The average Bonchev–Trinajstić information content (AvgIpc) is 3.05. The van der Waals surface area contributed by atoms with Gasteiger partial charge in [0.15, 0.2) is 0 Å². The lowest BCUT2D eigenvalue weighted by Crippen LogP contribution is -2.56. The number of hydrogen-bond donors (Lipinski definition) is 4. The second-order valence-corrected chi connectivity index (χ2v) is 6.46. The smallest absolute Gasteiger partial charge is 0.257 e. The van der Waals surface area contributed by atoms with Crippen LogP contribution in [0.25, 0.3) is 0 Å². The Hall–Kier alpha value is -2.39. The first-order chi connectivity index (χ1) is 12.3.